The number of hydrogen-bond acceptors (Lipinski definition) is 2. The molecule has 1 aromatic carbocycles. The third-order valence-corrected chi connectivity index (χ3v) is 2.74. The average Bonchev–Trinajstić information content (AvgIpc) is 3.08. The van der Waals surface area contributed by atoms with E-state index in [9.17, 15) is 13.2 Å². The van der Waals surface area contributed by atoms with Gasteiger partial charge in [-0.25, -0.2) is 0 Å². The number of nitrogens with zero attached hydrogens (tertiary/aromatic N) is 1. The van der Waals surface area contributed by atoms with Crippen LogP contribution in [0.1, 0.15) is 24.0 Å². The maximum Gasteiger partial charge on any atom is 0.417 e. The van der Waals surface area contributed by atoms with Gasteiger partial charge in [-0.15, -0.1) is 0 Å². The number of alkyl halides is 3. The molecule has 0 saturated heterocycles. The van der Waals surface area contributed by atoms with E-state index in [4.69, 9.17) is 5.26 Å². The SMILES string of the molecule is N#Cc1cc(NCC2CC2)ccc1C(F)(F)F. The standard InChI is InChI=1S/C12H11F3N2/c13-12(14,15)11-4-3-10(5-9(11)6-16)17-7-8-1-2-8/h3-5,8,17H,1-2,7H2. The van der Waals surface area contributed by atoms with Gasteiger partial charge in [-0.2, -0.15) is 18.4 Å². The molecule has 0 unspecified atom stereocenters. The number of hydrogen-bond donors (Lipinski definition) is 1. The summed E-state index contributed by atoms with van der Waals surface area (Å²) in [6.07, 6.45) is -2.14. The van der Waals surface area contributed by atoms with E-state index in [0.29, 0.717) is 11.6 Å². The molecule has 0 atom stereocenters. The zero-order valence-corrected chi connectivity index (χ0v) is 9.01. The lowest BCUT2D eigenvalue weighted by Gasteiger charge is -2.11. The number of rotatable bonds is 3. The van der Waals surface area contributed by atoms with Crippen LogP contribution in [0.25, 0.3) is 0 Å². The second-order valence-corrected chi connectivity index (χ2v) is 4.19. The molecular formula is C12H11F3N2. The summed E-state index contributed by atoms with van der Waals surface area (Å²) in [6, 6.07) is 5.16. The van der Waals surface area contributed by atoms with Crippen molar-refractivity contribution < 1.29 is 13.2 Å². The molecule has 0 bridgehead atoms. The molecule has 17 heavy (non-hydrogen) atoms. The molecule has 90 valence electrons. The van der Waals surface area contributed by atoms with Crippen molar-refractivity contribution in [1.82, 2.24) is 0 Å². The molecule has 0 radical (unpaired) electrons. The highest BCUT2D eigenvalue weighted by atomic mass is 19.4. The Labute approximate surface area is 97.1 Å². The van der Waals surface area contributed by atoms with Crippen molar-refractivity contribution in [2.24, 2.45) is 5.92 Å². The molecule has 1 fully saturated rings. The molecule has 1 saturated carbocycles. The van der Waals surface area contributed by atoms with Gasteiger partial charge in [0.2, 0.25) is 0 Å². The summed E-state index contributed by atoms with van der Waals surface area (Å²) >= 11 is 0. The van der Waals surface area contributed by atoms with E-state index in [2.05, 4.69) is 5.32 Å². The lowest BCUT2D eigenvalue weighted by atomic mass is 10.1. The van der Waals surface area contributed by atoms with Crippen LogP contribution in [0.15, 0.2) is 18.2 Å². The van der Waals surface area contributed by atoms with Gasteiger partial charge in [0, 0.05) is 12.2 Å². The normalized spacial score (nSPS) is 15.4. The van der Waals surface area contributed by atoms with Crippen LogP contribution in [-0.2, 0) is 6.18 Å². The van der Waals surface area contributed by atoms with Crippen molar-refractivity contribution in [3.63, 3.8) is 0 Å². The number of anilines is 1. The summed E-state index contributed by atoms with van der Waals surface area (Å²) in [5.74, 6) is 0.628. The fourth-order valence-electron chi connectivity index (χ4n) is 1.58. The summed E-state index contributed by atoms with van der Waals surface area (Å²) in [5, 5.41) is 11.8. The second kappa shape index (κ2) is 4.28. The molecule has 0 spiro atoms. The summed E-state index contributed by atoms with van der Waals surface area (Å²) in [6.45, 7) is 0.760. The predicted molar refractivity (Wildman–Crippen MR) is 57.4 cm³/mol. The van der Waals surface area contributed by atoms with Gasteiger partial charge in [0.25, 0.3) is 0 Å². The van der Waals surface area contributed by atoms with Crippen LogP contribution in [0.3, 0.4) is 0 Å². The average molecular weight is 240 g/mol. The lowest BCUT2D eigenvalue weighted by molar-refractivity contribution is -0.137. The molecule has 2 nitrogen and oxygen atoms in total. The van der Waals surface area contributed by atoms with Crippen molar-refractivity contribution >= 4 is 5.69 Å². The Morgan fingerprint density at radius 3 is 2.59 bits per heavy atom. The smallest absolute Gasteiger partial charge is 0.385 e. The van der Waals surface area contributed by atoms with Crippen molar-refractivity contribution in [3.8, 4) is 6.07 Å². The molecule has 1 N–H and O–H groups in total. The maximum absolute atomic E-state index is 12.5. The molecule has 0 aliphatic heterocycles. The Kier molecular flexibility index (Phi) is 2.97. The summed E-state index contributed by atoms with van der Waals surface area (Å²) < 4.78 is 37.6. The minimum Gasteiger partial charge on any atom is -0.385 e. The van der Waals surface area contributed by atoms with Crippen LogP contribution in [0.2, 0.25) is 0 Å². The van der Waals surface area contributed by atoms with Gasteiger partial charge < -0.3 is 5.32 Å². The number of halogens is 3. The van der Waals surface area contributed by atoms with Crippen LogP contribution >= 0.6 is 0 Å². The monoisotopic (exact) mass is 240 g/mol. The van der Waals surface area contributed by atoms with E-state index in [1.807, 2.05) is 0 Å². The molecule has 0 amide bonds. The lowest BCUT2D eigenvalue weighted by Crippen LogP contribution is -2.09. The van der Waals surface area contributed by atoms with E-state index in [1.165, 1.54) is 25.0 Å². The van der Waals surface area contributed by atoms with Gasteiger partial charge in [0.05, 0.1) is 17.2 Å². The Morgan fingerprint density at radius 2 is 2.06 bits per heavy atom. The number of nitriles is 1. The fraction of sp³-hybridized carbons (Fsp3) is 0.417. The first-order valence-corrected chi connectivity index (χ1v) is 5.36. The Hall–Kier alpha value is -1.70. The molecular weight excluding hydrogens is 229 g/mol. The highest BCUT2D eigenvalue weighted by Crippen LogP contribution is 2.33. The maximum atomic E-state index is 12.5. The molecule has 0 aromatic heterocycles. The van der Waals surface area contributed by atoms with Crippen LogP contribution in [-0.4, -0.2) is 6.54 Å². The Balaban J connectivity index is 2.18. The fourth-order valence-corrected chi connectivity index (χ4v) is 1.58. The van der Waals surface area contributed by atoms with Crippen molar-refractivity contribution in [1.29, 1.82) is 5.26 Å². The van der Waals surface area contributed by atoms with Gasteiger partial charge >= 0.3 is 6.18 Å². The summed E-state index contributed by atoms with van der Waals surface area (Å²) in [4.78, 5) is 0. The minimum absolute atomic E-state index is 0.335. The molecule has 1 aromatic rings. The molecule has 2 rings (SSSR count). The van der Waals surface area contributed by atoms with Gasteiger partial charge in [-0.1, -0.05) is 0 Å². The largest absolute Gasteiger partial charge is 0.417 e. The highest BCUT2D eigenvalue weighted by molar-refractivity contribution is 5.53. The van der Waals surface area contributed by atoms with Crippen molar-refractivity contribution in [2.75, 3.05) is 11.9 Å². The summed E-state index contributed by atoms with van der Waals surface area (Å²) in [7, 11) is 0. The molecule has 1 aliphatic carbocycles. The first kappa shape index (κ1) is 11.8. The van der Waals surface area contributed by atoms with E-state index in [1.54, 1.807) is 6.07 Å². The van der Waals surface area contributed by atoms with Crippen molar-refractivity contribution in [3.05, 3.63) is 29.3 Å². The van der Waals surface area contributed by atoms with E-state index >= 15 is 0 Å². The Morgan fingerprint density at radius 1 is 1.35 bits per heavy atom. The number of nitrogens with one attached hydrogen (secondary N) is 1. The van der Waals surface area contributed by atoms with Crippen LogP contribution < -0.4 is 5.32 Å². The second-order valence-electron chi connectivity index (χ2n) is 4.19. The zero-order valence-electron chi connectivity index (χ0n) is 9.01. The first-order valence-electron chi connectivity index (χ1n) is 5.36. The van der Waals surface area contributed by atoms with Crippen molar-refractivity contribution in [2.45, 2.75) is 19.0 Å². The molecule has 5 heteroatoms. The van der Waals surface area contributed by atoms with Crippen LogP contribution in [0, 0.1) is 17.2 Å². The van der Waals surface area contributed by atoms with E-state index in [0.717, 1.165) is 12.6 Å². The van der Waals surface area contributed by atoms with Crippen LogP contribution in [0.4, 0.5) is 18.9 Å². The minimum atomic E-state index is -4.47. The first-order chi connectivity index (χ1) is 8.00. The topological polar surface area (TPSA) is 35.8 Å². The zero-order chi connectivity index (χ0) is 12.5. The molecule has 0 heterocycles. The molecule has 1 aliphatic rings. The highest BCUT2D eigenvalue weighted by Gasteiger charge is 2.33. The van der Waals surface area contributed by atoms with E-state index < -0.39 is 11.7 Å². The number of benzene rings is 1. The summed E-state index contributed by atoms with van der Waals surface area (Å²) in [5.41, 5.74) is -0.642. The third kappa shape index (κ3) is 2.90. The van der Waals surface area contributed by atoms with E-state index in [-0.39, 0.29) is 5.56 Å². The van der Waals surface area contributed by atoms with Gasteiger partial charge in [-0.05, 0) is 37.0 Å². The van der Waals surface area contributed by atoms with Gasteiger partial charge in [-0.3, -0.25) is 0 Å². The predicted octanol–water partition coefficient (Wildman–Crippen LogP) is 3.40. The quantitative estimate of drug-likeness (QED) is 0.878. The van der Waals surface area contributed by atoms with Gasteiger partial charge in [0.1, 0.15) is 0 Å². The Bertz CT molecular complexity index is 456. The van der Waals surface area contributed by atoms with Gasteiger partial charge in [0.15, 0.2) is 0 Å². The van der Waals surface area contributed by atoms with Crippen LogP contribution in [0.5, 0.6) is 0 Å². The third-order valence-electron chi connectivity index (χ3n) is 2.74.